The van der Waals surface area contributed by atoms with E-state index in [4.69, 9.17) is 14.7 Å². The molecule has 1 aliphatic rings. The van der Waals surface area contributed by atoms with E-state index < -0.39 is 5.60 Å². The first kappa shape index (κ1) is 16.1. The number of nitriles is 1. The first-order valence-electron chi connectivity index (χ1n) is 7.26. The molecule has 6 nitrogen and oxygen atoms in total. The van der Waals surface area contributed by atoms with Crippen LogP contribution in [0.5, 0.6) is 11.5 Å². The molecule has 1 aromatic carbocycles. The molecule has 0 spiro atoms. The second kappa shape index (κ2) is 6.24. The Labute approximate surface area is 129 Å². The number of carbonyl (C=O) groups excluding carboxylic acids is 1. The zero-order chi connectivity index (χ0) is 16.3. The highest BCUT2D eigenvalue weighted by molar-refractivity contribution is 6.03. The topological polar surface area (TPSA) is 82.8 Å². The maximum absolute atomic E-state index is 12.8. The minimum absolute atomic E-state index is 0.0744. The Balaban J connectivity index is 2.68. The summed E-state index contributed by atoms with van der Waals surface area (Å²) in [6, 6.07) is 5.35. The van der Waals surface area contributed by atoms with E-state index in [1.165, 1.54) is 12.0 Å². The summed E-state index contributed by atoms with van der Waals surface area (Å²) < 4.78 is 11.4. The Kier molecular flexibility index (Phi) is 4.57. The summed E-state index contributed by atoms with van der Waals surface area (Å²) in [5.41, 5.74) is 0.0700. The monoisotopic (exact) mass is 304 g/mol. The van der Waals surface area contributed by atoms with Crippen LogP contribution in [0.15, 0.2) is 12.1 Å². The molecule has 0 radical (unpaired) electrons. The molecule has 1 N–H and O–H groups in total. The van der Waals surface area contributed by atoms with Crippen LogP contribution in [0.1, 0.15) is 32.3 Å². The SMILES string of the molecule is CCC1(CC)Oc2c(OC)cc(CO)cc2N(CC#N)C1=O. The average Bonchev–Trinajstić information content (AvgIpc) is 2.56. The first-order chi connectivity index (χ1) is 10.6. The van der Waals surface area contributed by atoms with Crippen LogP contribution in [-0.4, -0.2) is 30.3 Å². The molecule has 0 bridgehead atoms. The summed E-state index contributed by atoms with van der Waals surface area (Å²) in [7, 11) is 1.50. The highest BCUT2D eigenvalue weighted by atomic mass is 16.5. The van der Waals surface area contributed by atoms with Crippen molar-refractivity contribution in [2.45, 2.75) is 38.9 Å². The highest BCUT2D eigenvalue weighted by Gasteiger charge is 2.47. The molecule has 1 aliphatic heterocycles. The standard InChI is InChI=1S/C16H20N2O4/c1-4-16(5-2)15(20)18(7-6-17)12-8-11(10-19)9-13(21-3)14(12)22-16/h8-9,19H,4-5,7,10H2,1-3H3. The molecule has 1 heterocycles. The Morgan fingerprint density at radius 1 is 1.41 bits per heavy atom. The largest absolute Gasteiger partial charge is 0.493 e. The highest BCUT2D eigenvalue weighted by Crippen LogP contribution is 2.46. The second-order valence-corrected chi connectivity index (χ2v) is 5.16. The molecule has 1 amide bonds. The average molecular weight is 304 g/mol. The summed E-state index contributed by atoms with van der Waals surface area (Å²) in [5, 5.41) is 18.4. The lowest BCUT2D eigenvalue weighted by atomic mass is 9.92. The van der Waals surface area contributed by atoms with Crippen LogP contribution in [-0.2, 0) is 11.4 Å². The number of hydrogen-bond donors (Lipinski definition) is 1. The van der Waals surface area contributed by atoms with Crippen LogP contribution < -0.4 is 14.4 Å². The Morgan fingerprint density at radius 3 is 2.59 bits per heavy atom. The van der Waals surface area contributed by atoms with Crippen LogP contribution in [0.25, 0.3) is 0 Å². The summed E-state index contributed by atoms with van der Waals surface area (Å²) in [6.07, 6.45) is 0.989. The number of fused-ring (bicyclic) bond motifs is 1. The zero-order valence-electron chi connectivity index (χ0n) is 13.0. The van der Waals surface area contributed by atoms with E-state index in [0.717, 1.165) is 0 Å². The number of aliphatic hydroxyl groups is 1. The van der Waals surface area contributed by atoms with Gasteiger partial charge >= 0.3 is 0 Å². The van der Waals surface area contributed by atoms with E-state index in [1.807, 2.05) is 19.9 Å². The normalized spacial score (nSPS) is 15.8. The maximum atomic E-state index is 12.8. The van der Waals surface area contributed by atoms with Crippen LogP contribution in [0.2, 0.25) is 0 Å². The number of aliphatic hydroxyl groups excluding tert-OH is 1. The van der Waals surface area contributed by atoms with E-state index in [-0.39, 0.29) is 19.1 Å². The second-order valence-electron chi connectivity index (χ2n) is 5.16. The van der Waals surface area contributed by atoms with Crippen molar-refractivity contribution >= 4 is 11.6 Å². The Hall–Kier alpha value is -2.26. The molecule has 0 fully saturated rings. The number of methoxy groups -OCH3 is 1. The van der Waals surface area contributed by atoms with E-state index >= 15 is 0 Å². The summed E-state index contributed by atoms with van der Waals surface area (Å²) >= 11 is 0. The molecule has 0 unspecified atom stereocenters. The Bertz CT molecular complexity index is 617. The quantitative estimate of drug-likeness (QED) is 0.841. The molecule has 0 aliphatic carbocycles. The third kappa shape index (κ3) is 2.38. The van der Waals surface area contributed by atoms with Gasteiger partial charge in [-0.2, -0.15) is 5.26 Å². The van der Waals surface area contributed by atoms with Crippen molar-refractivity contribution in [2.75, 3.05) is 18.6 Å². The van der Waals surface area contributed by atoms with Crippen molar-refractivity contribution < 1.29 is 19.4 Å². The number of amides is 1. The fraction of sp³-hybridized carbons (Fsp3) is 0.500. The predicted molar refractivity (Wildman–Crippen MR) is 80.8 cm³/mol. The third-order valence-electron chi connectivity index (χ3n) is 4.09. The molecule has 2 rings (SSSR count). The maximum Gasteiger partial charge on any atom is 0.272 e. The van der Waals surface area contributed by atoms with E-state index in [2.05, 4.69) is 0 Å². The third-order valence-corrected chi connectivity index (χ3v) is 4.09. The minimum atomic E-state index is -0.988. The van der Waals surface area contributed by atoms with Gasteiger partial charge in [-0.05, 0) is 30.5 Å². The zero-order valence-corrected chi connectivity index (χ0v) is 13.0. The molecule has 0 atom stereocenters. The van der Waals surface area contributed by atoms with Gasteiger partial charge in [0.1, 0.15) is 6.54 Å². The predicted octanol–water partition coefficient (Wildman–Crippen LogP) is 2.00. The Morgan fingerprint density at radius 2 is 2.09 bits per heavy atom. The van der Waals surface area contributed by atoms with Crippen LogP contribution in [0.3, 0.4) is 0 Å². The molecule has 6 heteroatoms. The summed E-state index contributed by atoms with van der Waals surface area (Å²) in [6.45, 7) is 3.50. The molecule has 0 saturated carbocycles. The molecular formula is C16H20N2O4. The lowest BCUT2D eigenvalue weighted by Gasteiger charge is -2.41. The van der Waals surface area contributed by atoms with Gasteiger partial charge in [-0.3, -0.25) is 9.69 Å². The number of benzene rings is 1. The van der Waals surface area contributed by atoms with Crippen LogP contribution >= 0.6 is 0 Å². The first-order valence-corrected chi connectivity index (χ1v) is 7.26. The number of carbonyl (C=O) groups is 1. The molecule has 0 aromatic heterocycles. The molecule has 1 aromatic rings. The van der Waals surface area contributed by atoms with Crippen molar-refractivity contribution in [3.63, 3.8) is 0 Å². The van der Waals surface area contributed by atoms with Crippen molar-refractivity contribution in [1.29, 1.82) is 5.26 Å². The van der Waals surface area contributed by atoms with Crippen molar-refractivity contribution in [2.24, 2.45) is 0 Å². The van der Waals surface area contributed by atoms with Gasteiger partial charge < -0.3 is 14.6 Å². The number of nitrogens with zero attached hydrogens (tertiary/aromatic N) is 2. The van der Waals surface area contributed by atoms with Crippen LogP contribution in [0, 0.1) is 11.3 Å². The summed E-state index contributed by atoms with van der Waals surface area (Å²) in [5.74, 6) is 0.658. The van der Waals surface area contributed by atoms with Gasteiger partial charge in [-0.15, -0.1) is 0 Å². The van der Waals surface area contributed by atoms with E-state index in [1.54, 1.807) is 12.1 Å². The van der Waals surface area contributed by atoms with Gasteiger partial charge in [0.25, 0.3) is 5.91 Å². The fourth-order valence-electron chi connectivity index (χ4n) is 2.71. The fourth-order valence-corrected chi connectivity index (χ4v) is 2.71. The van der Waals surface area contributed by atoms with Gasteiger partial charge in [-0.25, -0.2) is 0 Å². The number of anilines is 1. The minimum Gasteiger partial charge on any atom is -0.493 e. The number of rotatable bonds is 5. The van der Waals surface area contributed by atoms with E-state index in [0.29, 0.717) is 35.6 Å². The van der Waals surface area contributed by atoms with Crippen molar-refractivity contribution in [1.82, 2.24) is 0 Å². The smallest absolute Gasteiger partial charge is 0.272 e. The molecule has 22 heavy (non-hydrogen) atoms. The lowest BCUT2D eigenvalue weighted by Crippen LogP contribution is -2.55. The van der Waals surface area contributed by atoms with Gasteiger partial charge in [0.2, 0.25) is 0 Å². The number of ether oxygens (including phenoxy) is 2. The van der Waals surface area contributed by atoms with E-state index in [9.17, 15) is 9.90 Å². The molecule has 0 saturated heterocycles. The van der Waals surface area contributed by atoms with Crippen LogP contribution in [0.4, 0.5) is 5.69 Å². The van der Waals surface area contributed by atoms with Crippen molar-refractivity contribution in [3.05, 3.63) is 17.7 Å². The van der Waals surface area contributed by atoms with Crippen molar-refractivity contribution in [3.8, 4) is 17.6 Å². The number of hydrogen-bond acceptors (Lipinski definition) is 5. The molecule has 118 valence electrons. The summed E-state index contributed by atoms with van der Waals surface area (Å²) in [4.78, 5) is 14.2. The molecular weight excluding hydrogens is 284 g/mol. The van der Waals surface area contributed by atoms with Gasteiger partial charge in [0.05, 0.1) is 25.5 Å². The van der Waals surface area contributed by atoms with Gasteiger partial charge in [0, 0.05) is 0 Å². The van der Waals surface area contributed by atoms with Gasteiger partial charge in [-0.1, -0.05) is 13.8 Å². The lowest BCUT2D eigenvalue weighted by molar-refractivity contribution is -0.136. The van der Waals surface area contributed by atoms with Gasteiger partial charge in [0.15, 0.2) is 17.1 Å².